The van der Waals surface area contributed by atoms with Crippen LogP contribution >= 0.6 is 0 Å². The van der Waals surface area contributed by atoms with Gasteiger partial charge < -0.3 is 9.73 Å². The number of aryl methyl sites for hydroxylation is 1. The molecule has 1 aromatic heterocycles. The fourth-order valence-electron chi connectivity index (χ4n) is 1.78. The molecule has 2 nitrogen and oxygen atoms in total. The molecule has 0 saturated carbocycles. The summed E-state index contributed by atoms with van der Waals surface area (Å²) < 4.78 is 5.35. The summed E-state index contributed by atoms with van der Waals surface area (Å²) in [6.45, 7) is 11.9. The summed E-state index contributed by atoms with van der Waals surface area (Å²) in [7, 11) is 0. The van der Waals surface area contributed by atoms with Crippen LogP contribution in [0.2, 0.25) is 0 Å². The van der Waals surface area contributed by atoms with Crippen molar-refractivity contribution in [3.63, 3.8) is 0 Å². The van der Waals surface area contributed by atoms with Crippen LogP contribution in [0.4, 0.5) is 0 Å². The first-order valence-corrected chi connectivity index (χ1v) is 5.24. The highest BCUT2D eigenvalue weighted by molar-refractivity contribution is 5.22. The first kappa shape index (κ1) is 11.3. The lowest BCUT2D eigenvalue weighted by Gasteiger charge is -2.31. The molecule has 0 saturated heterocycles. The van der Waals surface area contributed by atoms with Crippen LogP contribution in [-0.2, 0) is 0 Å². The van der Waals surface area contributed by atoms with Crippen LogP contribution in [0.1, 0.15) is 45.1 Å². The van der Waals surface area contributed by atoms with Crippen LogP contribution < -0.4 is 5.32 Å². The second kappa shape index (κ2) is 4.18. The van der Waals surface area contributed by atoms with Crippen molar-refractivity contribution in [2.45, 2.75) is 40.7 Å². The fourth-order valence-corrected chi connectivity index (χ4v) is 1.78. The highest BCUT2D eigenvalue weighted by atomic mass is 16.3. The molecule has 1 unspecified atom stereocenters. The molecular weight excluding hydrogens is 174 g/mol. The highest BCUT2D eigenvalue weighted by Crippen LogP contribution is 2.34. The van der Waals surface area contributed by atoms with Gasteiger partial charge in [0.05, 0.1) is 6.26 Å². The fraction of sp³-hybridized carbons (Fsp3) is 0.667. The van der Waals surface area contributed by atoms with Gasteiger partial charge in [-0.25, -0.2) is 0 Å². The van der Waals surface area contributed by atoms with E-state index in [1.54, 1.807) is 6.26 Å². The molecule has 1 atom stereocenters. The van der Waals surface area contributed by atoms with Crippen molar-refractivity contribution in [1.82, 2.24) is 5.32 Å². The van der Waals surface area contributed by atoms with Crippen molar-refractivity contribution in [1.29, 1.82) is 0 Å². The molecule has 14 heavy (non-hydrogen) atoms. The minimum absolute atomic E-state index is 0.213. The maximum Gasteiger partial charge on any atom is 0.105 e. The van der Waals surface area contributed by atoms with Crippen molar-refractivity contribution in [3.05, 3.63) is 23.7 Å². The maximum absolute atomic E-state index is 5.35. The highest BCUT2D eigenvalue weighted by Gasteiger charge is 2.27. The first-order chi connectivity index (χ1) is 6.46. The lowest BCUT2D eigenvalue weighted by atomic mass is 9.82. The van der Waals surface area contributed by atoms with Crippen LogP contribution in [0.5, 0.6) is 0 Å². The smallest absolute Gasteiger partial charge is 0.105 e. The first-order valence-electron chi connectivity index (χ1n) is 5.24. The summed E-state index contributed by atoms with van der Waals surface area (Å²) in [4.78, 5) is 0. The van der Waals surface area contributed by atoms with Gasteiger partial charge in [-0.15, -0.1) is 0 Å². The Hall–Kier alpha value is -0.760. The van der Waals surface area contributed by atoms with Gasteiger partial charge in [0.25, 0.3) is 0 Å². The topological polar surface area (TPSA) is 25.2 Å². The molecule has 0 aliphatic rings. The van der Waals surface area contributed by atoms with Crippen molar-refractivity contribution < 1.29 is 4.42 Å². The van der Waals surface area contributed by atoms with Gasteiger partial charge in [0.2, 0.25) is 0 Å². The van der Waals surface area contributed by atoms with E-state index in [0.29, 0.717) is 6.04 Å². The van der Waals surface area contributed by atoms with Crippen molar-refractivity contribution in [3.8, 4) is 0 Å². The molecule has 0 aliphatic heterocycles. The summed E-state index contributed by atoms with van der Waals surface area (Å²) in [6.07, 6.45) is 1.76. The van der Waals surface area contributed by atoms with E-state index in [0.717, 1.165) is 12.3 Å². The number of hydrogen-bond acceptors (Lipinski definition) is 2. The Morgan fingerprint density at radius 2 is 2.07 bits per heavy atom. The summed E-state index contributed by atoms with van der Waals surface area (Å²) in [5.74, 6) is 1.02. The molecular formula is C12H21NO. The van der Waals surface area contributed by atoms with Crippen molar-refractivity contribution in [2.24, 2.45) is 5.41 Å². The normalized spacial score (nSPS) is 14.4. The van der Waals surface area contributed by atoms with E-state index < -0.39 is 0 Å². The van der Waals surface area contributed by atoms with Gasteiger partial charge in [-0.1, -0.05) is 27.7 Å². The third-order valence-corrected chi connectivity index (χ3v) is 2.48. The van der Waals surface area contributed by atoms with Crippen LogP contribution in [0.15, 0.2) is 16.7 Å². The maximum atomic E-state index is 5.35. The van der Waals surface area contributed by atoms with Gasteiger partial charge >= 0.3 is 0 Å². The van der Waals surface area contributed by atoms with Crippen molar-refractivity contribution >= 4 is 0 Å². The van der Waals surface area contributed by atoms with E-state index >= 15 is 0 Å². The van der Waals surface area contributed by atoms with E-state index in [1.165, 1.54) is 5.56 Å². The molecule has 0 fully saturated rings. The van der Waals surface area contributed by atoms with E-state index in [4.69, 9.17) is 4.42 Å². The second-order valence-corrected chi connectivity index (χ2v) is 4.79. The van der Waals surface area contributed by atoms with Gasteiger partial charge in [0.1, 0.15) is 5.76 Å². The third kappa shape index (κ3) is 2.38. The van der Waals surface area contributed by atoms with E-state index in [9.17, 15) is 0 Å². The molecule has 0 aromatic carbocycles. The molecule has 0 bridgehead atoms. The minimum atomic E-state index is 0.213. The molecule has 0 radical (unpaired) electrons. The average molecular weight is 195 g/mol. The number of furan rings is 1. The molecule has 0 aliphatic carbocycles. The zero-order chi connectivity index (χ0) is 10.8. The third-order valence-electron chi connectivity index (χ3n) is 2.48. The Morgan fingerprint density at radius 1 is 1.43 bits per heavy atom. The van der Waals surface area contributed by atoms with E-state index in [-0.39, 0.29) is 5.41 Å². The quantitative estimate of drug-likeness (QED) is 0.800. The Morgan fingerprint density at radius 3 is 2.43 bits per heavy atom. The van der Waals surface area contributed by atoms with Gasteiger partial charge in [-0.2, -0.15) is 0 Å². The monoisotopic (exact) mass is 195 g/mol. The minimum Gasteiger partial charge on any atom is -0.469 e. The van der Waals surface area contributed by atoms with Gasteiger partial charge in [-0.3, -0.25) is 0 Å². The Balaban J connectivity index is 2.95. The van der Waals surface area contributed by atoms with Gasteiger partial charge in [-0.05, 0) is 24.9 Å². The lowest BCUT2D eigenvalue weighted by Crippen LogP contribution is -2.32. The summed E-state index contributed by atoms with van der Waals surface area (Å²) in [5.41, 5.74) is 1.49. The number of nitrogens with one attached hydrogen (secondary N) is 1. The Bertz CT molecular complexity index is 283. The molecule has 80 valence electrons. The summed E-state index contributed by atoms with van der Waals surface area (Å²) in [5, 5.41) is 3.51. The number of hydrogen-bond donors (Lipinski definition) is 1. The van der Waals surface area contributed by atoms with Crippen LogP contribution in [0.3, 0.4) is 0 Å². The molecule has 1 heterocycles. The molecule has 0 amide bonds. The Labute approximate surface area is 86.7 Å². The number of rotatable bonds is 3. The molecule has 0 spiro atoms. The SMILES string of the molecule is CCNC(c1ccoc1C)C(C)(C)C. The zero-order valence-electron chi connectivity index (χ0n) is 9.85. The molecule has 1 N–H and O–H groups in total. The van der Waals surface area contributed by atoms with Crippen LogP contribution in [0.25, 0.3) is 0 Å². The zero-order valence-corrected chi connectivity index (χ0v) is 9.85. The average Bonchev–Trinajstić information content (AvgIpc) is 2.45. The summed E-state index contributed by atoms with van der Waals surface area (Å²) in [6, 6.07) is 2.43. The van der Waals surface area contributed by atoms with Gasteiger partial charge in [0, 0.05) is 11.6 Å². The van der Waals surface area contributed by atoms with E-state index in [1.807, 2.05) is 6.92 Å². The molecule has 2 heteroatoms. The predicted octanol–water partition coefficient (Wildman–Crippen LogP) is 3.28. The van der Waals surface area contributed by atoms with Crippen molar-refractivity contribution in [2.75, 3.05) is 6.54 Å². The van der Waals surface area contributed by atoms with Gasteiger partial charge in [0.15, 0.2) is 0 Å². The van der Waals surface area contributed by atoms with E-state index in [2.05, 4.69) is 39.1 Å². The molecule has 1 aromatic rings. The summed E-state index contributed by atoms with van der Waals surface area (Å²) >= 11 is 0. The lowest BCUT2D eigenvalue weighted by molar-refractivity contribution is 0.273. The predicted molar refractivity (Wildman–Crippen MR) is 59.3 cm³/mol. The second-order valence-electron chi connectivity index (χ2n) is 4.79. The standard InChI is InChI=1S/C12H21NO/c1-6-13-11(12(3,4)5)10-7-8-14-9(10)2/h7-8,11,13H,6H2,1-5H3. The van der Waals surface area contributed by atoms with Crippen LogP contribution in [0, 0.1) is 12.3 Å². The Kier molecular flexibility index (Phi) is 3.38. The molecule has 1 rings (SSSR count). The largest absolute Gasteiger partial charge is 0.469 e. The van der Waals surface area contributed by atoms with Crippen LogP contribution in [-0.4, -0.2) is 6.54 Å².